The van der Waals surface area contributed by atoms with Gasteiger partial charge in [0.2, 0.25) is 5.91 Å². The Bertz CT molecular complexity index is 1450. The van der Waals surface area contributed by atoms with Gasteiger partial charge in [-0.05, 0) is 49.1 Å². The van der Waals surface area contributed by atoms with Crippen molar-refractivity contribution in [2.75, 3.05) is 13.1 Å². The molecular formula is C27H30N4O3S. The van der Waals surface area contributed by atoms with Gasteiger partial charge in [0.25, 0.3) is 10.0 Å². The van der Waals surface area contributed by atoms with Crippen molar-refractivity contribution in [3.05, 3.63) is 71.4 Å². The number of hydrogen-bond donors (Lipinski definition) is 2. The van der Waals surface area contributed by atoms with E-state index in [2.05, 4.69) is 53.0 Å². The fourth-order valence-electron chi connectivity index (χ4n) is 4.97. The average Bonchev–Trinajstić information content (AvgIpc) is 3.41. The van der Waals surface area contributed by atoms with Crippen LogP contribution in [0, 0.1) is 6.92 Å². The minimum Gasteiger partial charge on any atom is -0.361 e. The highest BCUT2D eigenvalue weighted by Gasteiger charge is 2.33. The molecule has 1 amide bonds. The molecule has 0 aliphatic carbocycles. The molecule has 2 N–H and O–H groups in total. The van der Waals surface area contributed by atoms with Crippen LogP contribution in [0.1, 0.15) is 49.3 Å². The van der Waals surface area contributed by atoms with Crippen molar-refractivity contribution in [2.45, 2.75) is 50.5 Å². The van der Waals surface area contributed by atoms with Crippen molar-refractivity contribution < 1.29 is 13.2 Å². The van der Waals surface area contributed by atoms with Crippen LogP contribution in [-0.2, 0) is 14.8 Å². The first-order valence-corrected chi connectivity index (χ1v) is 13.6. The number of aromatic nitrogens is 1. The molecule has 2 aromatic carbocycles. The number of carbonyl (C=O) groups is 1. The molecule has 0 spiro atoms. The SMILES string of the molecule is CCCC[C@@H](N=C1NS(=O)(=O)c2ccccc21)C(=O)N1CC=C(c2c[nH]c3cccc(C)c23)CC1. The number of nitrogens with one attached hydrogen (secondary N) is 2. The van der Waals surface area contributed by atoms with Crippen molar-refractivity contribution in [1.82, 2.24) is 14.6 Å². The Morgan fingerprint density at radius 3 is 2.74 bits per heavy atom. The number of aliphatic imine (C=N–C) groups is 1. The number of sulfonamides is 1. The molecule has 8 heteroatoms. The molecule has 0 bridgehead atoms. The van der Waals surface area contributed by atoms with E-state index in [9.17, 15) is 13.2 Å². The minimum absolute atomic E-state index is 0.0556. The van der Waals surface area contributed by atoms with Crippen LogP contribution in [0.5, 0.6) is 0 Å². The van der Waals surface area contributed by atoms with Gasteiger partial charge in [-0.3, -0.25) is 14.5 Å². The normalized spacial score (nSPS) is 18.9. The van der Waals surface area contributed by atoms with Gasteiger partial charge in [0, 0.05) is 41.3 Å². The van der Waals surface area contributed by atoms with Crippen molar-refractivity contribution in [2.24, 2.45) is 4.99 Å². The molecule has 1 atom stereocenters. The van der Waals surface area contributed by atoms with Crippen LogP contribution < -0.4 is 4.72 Å². The number of amidine groups is 1. The Morgan fingerprint density at radius 1 is 1.14 bits per heavy atom. The molecule has 0 radical (unpaired) electrons. The van der Waals surface area contributed by atoms with Gasteiger partial charge in [-0.25, -0.2) is 8.42 Å². The fourth-order valence-corrected chi connectivity index (χ4v) is 6.21. The zero-order valence-electron chi connectivity index (χ0n) is 20.0. The number of rotatable bonds is 6. The maximum Gasteiger partial charge on any atom is 0.263 e. The number of H-pyrrole nitrogens is 1. The third-order valence-corrected chi connectivity index (χ3v) is 8.24. The van der Waals surface area contributed by atoms with Crippen molar-refractivity contribution in [3.8, 4) is 0 Å². The van der Waals surface area contributed by atoms with Gasteiger partial charge in [-0.1, -0.05) is 50.1 Å². The number of nitrogens with zero attached hydrogens (tertiary/aromatic N) is 2. The number of fused-ring (bicyclic) bond motifs is 2. The smallest absolute Gasteiger partial charge is 0.263 e. The second kappa shape index (κ2) is 9.34. The van der Waals surface area contributed by atoms with Crippen LogP contribution in [0.25, 0.3) is 16.5 Å². The summed E-state index contributed by atoms with van der Waals surface area (Å²) in [7, 11) is -3.64. The lowest BCUT2D eigenvalue weighted by molar-refractivity contribution is -0.132. The molecule has 3 aromatic rings. The number of carbonyl (C=O) groups excluding carboxylic acids is 1. The maximum atomic E-state index is 13.5. The predicted octanol–water partition coefficient (Wildman–Crippen LogP) is 4.39. The lowest BCUT2D eigenvalue weighted by Crippen LogP contribution is -2.41. The van der Waals surface area contributed by atoms with Crippen molar-refractivity contribution in [1.29, 1.82) is 0 Å². The van der Waals surface area contributed by atoms with E-state index in [0.717, 1.165) is 24.8 Å². The highest BCUT2D eigenvalue weighted by atomic mass is 32.2. The summed E-state index contributed by atoms with van der Waals surface area (Å²) in [6.45, 7) is 5.31. The van der Waals surface area contributed by atoms with E-state index >= 15 is 0 Å². The van der Waals surface area contributed by atoms with Gasteiger partial charge in [0.05, 0.1) is 4.90 Å². The standard InChI is InChI=1S/C27H30N4O3S/c1-3-4-10-23(29-26-20-9-5-6-12-24(20)35(33,34)30-26)27(32)31-15-13-19(14-16-31)21-17-28-22-11-7-8-18(2)25(21)22/h5-9,11-13,17,23,28H,3-4,10,14-16H2,1-2H3,(H,29,30)/t23-/m1/s1. The second-order valence-corrected chi connectivity index (χ2v) is 10.9. The lowest BCUT2D eigenvalue weighted by atomic mass is 9.96. The number of benzene rings is 2. The van der Waals surface area contributed by atoms with Gasteiger partial charge in [-0.15, -0.1) is 0 Å². The van der Waals surface area contributed by atoms with E-state index < -0.39 is 16.1 Å². The first-order valence-electron chi connectivity index (χ1n) is 12.1. The van der Waals surface area contributed by atoms with E-state index in [-0.39, 0.29) is 16.6 Å². The fraction of sp³-hybridized carbons (Fsp3) is 0.333. The van der Waals surface area contributed by atoms with Gasteiger partial charge < -0.3 is 9.88 Å². The van der Waals surface area contributed by atoms with Crippen molar-refractivity contribution in [3.63, 3.8) is 0 Å². The molecule has 7 nitrogen and oxygen atoms in total. The molecule has 5 rings (SSSR count). The molecule has 2 aliphatic heterocycles. The zero-order chi connectivity index (χ0) is 24.6. The predicted molar refractivity (Wildman–Crippen MR) is 139 cm³/mol. The summed E-state index contributed by atoms with van der Waals surface area (Å²) in [6.07, 6.45) is 7.30. The molecule has 0 unspecified atom stereocenters. The second-order valence-electron chi connectivity index (χ2n) is 9.20. The van der Waals surface area contributed by atoms with Crippen LogP contribution in [0.4, 0.5) is 0 Å². The van der Waals surface area contributed by atoms with Gasteiger partial charge in [0.1, 0.15) is 11.9 Å². The number of hydrogen-bond acceptors (Lipinski definition) is 4. The molecule has 1 aromatic heterocycles. The van der Waals surface area contributed by atoms with E-state index in [0.29, 0.717) is 25.1 Å². The Labute approximate surface area is 206 Å². The number of amides is 1. The van der Waals surface area contributed by atoms with Gasteiger partial charge in [0.15, 0.2) is 0 Å². The first kappa shape index (κ1) is 23.4. The summed E-state index contributed by atoms with van der Waals surface area (Å²) in [6, 6.07) is 12.4. The summed E-state index contributed by atoms with van der Waals surface area (Å²) in [5, 5.41) is 1.23. The Hall–Kier alpha value is -3.39. The Balaban J connectivity index is 1.39. The highest BCUT2D eigenvalue weighted by molar-refractivity contribution is 7.90. The quantitative estimate of drug-likeness (QED) is 0.537. The van der Waals surface area contributed by atoms with Crippen LogP contribution in [0.15, 0.2) is 64.6 Å². The topological polar surface area (TPSA) is 94.6 Å². The molecule has 2 aliphatic rings. The highest BCUT2D eigenvalue weighted by Crippen LogP contribution is 2.32. The van der Waals surface area contributed by atoms with Gasteiger partial charge in [-0.2, -0.15) is 0 Å². The average molecular weight is 491 g/mol. The number of aromatic amines is 1. The molecule has 0 fully saturated rings. The summed E-state index contributed by atoms with van der Waals surface area (Å²) >= 11 is 0. The Morgan fingerprint density at radius 2 is 1.97 bits per heavy atom. The van der Waals surface area contributed by atoms with E-state index in [1.165, 1.54) is 22.1 Å². The largest absolute Gasteiger partial charge is 0.361 e. The van der Waals surface area contributed by atoms with Crippen molar-refractivity contribution >= 4 is 38.2 Å². The molecule has 3 heterocycles. The van der Waals surface area contributed by atoms with Crippen LogP contribution >= 0.6 is 0 Å². The van der Waals surface area contributed by atoms with E-state index in [1.807, 2.05) is 11.0 Å². The Kier molecular flexibility index (Phi) is 6.23. The monoisotopic (exact) mass is 490 g/mol. The molecular weight excluding hydrogens is 460 g/mol. The van der Waals surface area contributed by atoms with E-state index in [4.69, 9.17) is 0 Å². The summed E-state index contributed by atoms with van der Waals surface area (Å²) in [5.41, 5.74) is 5.31. The molecule has 182 valence electrons. The minimum atomic E-state index is -3.64. The first-order chi connectivity index (χ1) is 16.9. The zero-order valence-corrected chi connectivity index (χ0v) is 20.9. The van der Waals surface area contributed by atoms with E-state index in [1.54, 1.807) is 24.3 Å². The molecule has 35 heavy (non-hydrogen) atoms. The number of unbranched alkanes of at least 4 members (excludes halogenated alkanes) is 1. The van der Waals surface area contributed by atoms with Crippen LogP contribution in [-0.4, -0.2) is 49.2 Å². The lowest BCUT2D eigenvalue weighted by Gasteiger charge is -2.29. The molecule has 0 saturated heterocycles. The summed E-state index contributed by atoms with van der Waals surface area (Å²) in [4.78, 5) is 23.6. The summed E-state index contributed by atoms with van der Waals surface area (Å²) in [5.74, 6) is 0.206. The third-order valence-electron chi connectivity index (χ3n) is 6.84. The maximum absolute atomic E-state index is 13.5. The summed E-state index contributed by atoms with van der Waals surface area (Å²) < 4.78 is 27.5. The molecule has 0 saturated carbocycles. The third kappa shape index (κ3) is 4.38. The van der Waals surface area contributed by atoms with Crippen LogP contribution in [0.3, 0.4) is 0 Å². The number of aryl methyl sites for hydroxylation is 1. The van der Waals surface area contributed by atoms with Crippen LogP contribution in [0.2, 0.25) is 0 Å². The van der Waals surface area contributed by atoms with Gasteiger partial charge >= 0.3 is 0 Å².